The first-order valence-corrected chi connectivity index (χ1v) is 8.72. The highest BCUT2D eigenvalue weighted by molar-refractivity contribution is 9.10. The minimum Gasteiger partial charge on any atom is -0.494 e. The van der Waals surface area contributed by atoms with Crippen molar-refractivity contribution in [2.45, 2.75) is 6.92 Å². The first-order valence-electron chi connectivity index (χ1n) is 7.14. The van der Waals surface area contributed by atoms with Gasteiger partial charge >= 0.3 is 0 Å². The minimum atomic E-state index is -0.460. The second-order valence-electron chi connectivity index (χ2n) is 4.78. The van der Waals surface area contributed by atoms with Crippen LogP contribution in [0.5, 0.6) is 5.75 Å². The molecule has 0 aromatic heterocycles. The molecule has 0 spiro atoms. The highest BCUT2D eigenvalue weighted by Gasteiger charge is 2.10. The second-order valence-corrected chi connectivity index (χ2v) is 6.62. The first kappa shape index (κ1) is 18.2. The molecule has 0 saturated carbocycles. The van der Waals surface area contributed by atoms with Gasteiger partial charge in [-0.15, -0.1) is 0 Å². The number of amides is 1. The molecule has 122 valence electrons. The molecule has 0 bridgehead atoms. The zero-order valence-electron chi connectivity index (χ0n) is 12.8. The number of nitrogens with zero attached hydrogens (tertiary/aromatic N) is 1. The molecule has 1 amide bonds. The summed E-state index contributed by atoms with van der Waals surface area (Å²) >= 11 is 6.73. The largest absolute Gasteiger partial charge is 0.494 e. The normalized spacial score (nSPS) is 10.8. The Hall–Kier alpha value is -2.10. The highest BCUT2D eigenvalue weighted by Crippen LogP contribution is 2.23. The summed E-state index contributed by atoms with van der Waals surface area (Å²) in [6, 6.07) is 14.5. The van der Waals surface area contributed by atoms with Crippen LogP contribution < -0.4 is 10.1 Å². The third-order valence-electron chi connectivity index (χ3n) is 2.98. The number of nitriles is 1. The molecular formula is C18H14Br2N2O2. The van der Waals surface area contributed by atoms with Crippen LogP contribution >= 0.6 is 31.9 Å². The lowest BCUT2D eigenvalue weighted by Gasteiger charge is -2.07. The van der Waals surface area contributed by atoms with Crippen molar-refractivity contribution in [1.29, 1.82) is 5.26 Å². The third kappa shape index (κ3) is 5.22. The van der Waals surface area contributed by atoms with Crippen molar-refractivity contribution in [1.82, 2.24) is 0 Å². The van der Waals surface area contributed by atoms with Gasteiger partial charge in [0.25, 0.3) is 5.91 Å². The fourth-order valence-electron chi connectivity index (χ4n) is 1.96. The van der Waals surface area contributed by atoms with E-state index in [1.165, 1.54) is 6.08 Å². The number of nitrogens with one attached hydrogen (secondary N) is 1. The molecule has 6 heteroatoms. The molecule has 0 heterocycles. The maximum Gasteiger partial charge on any atom is 0.266 e. The van der Waals surface area contributed by atoms with Crippen LogP contribution in [0.4, 0.5) is 5.69 Å². The molecular weight excluding hydrogens is 436 g/mol. The van der Waals surface area contributed by atoms with E-state index in [2.05, 4.69) is 37.2 Å². The van der Waals surface area contributed by atoms with E-state index in [1.807, 2.05) is 37.3 Å². The Morgan fingerprint density at radius 3 is 2.54 bits per heavy atom. The predicted octanol–water partition coefficient (Wildman–Crippen LogP) is 5.16. The van der Waals surface area contributed by atoms with Gasteiger partial charge in [-0.2, -0.15) is 5.26 Å². The van der Waals surface area contributed by atoms with Crippen LogP contribution in [0.25, 0.3) is 6.08 Å². The Morgan fingerprint density at radius 1 is 1.21 bits per heavy atom. The Labute approximate surface area is 157 Å². The van der Waals surface area contributed by atoms with Crippen molar-refractivity contribution in [2.24, 2.45) is 0 Å². The number of ether oxygens (including phenoxy) is 1. The van der Waals surface area contributed by atoms with E-state index < -0.39 is 5.91 Å². The summed E-state index contributed by atoms with van der Waals surface area (Å²) in [5.74, 6) is 0.210. The lowest BCUT2D eigenvalue weighted by Crippen LogP contribution is -2.13. The van der Waals surface area contributed by atoms with E-state index in [-0.39, 0.29) is 5.57 Å². The van der Waals surface area contributed by atoms with Crippen molar-refractivity contribution in [3.8, 4) is 11.8 Å². The SMILES string of the molecule is CCOc1cc(Br)cc(/C=C(\C#N)C(=O)Nc2ccc(Br)cc2)c1. The van der Waals surface area contributed by atoms with E-state index in [9.17, 15) is 10.1 Å². The zero-order chi connectivity index (χ0) is 17.5. The van der Waals surface area contributed by atoms with Crippen molar-refractivity contribution in [2.75, 3.05) is 11.9 Å². The minimum absolute atomic E-state index is 0.0125. The van der Waals surface area contributed by atoms with Crippen LogP contribution in [0.3, 0.4) is 0 Å². The standard InChI is InChI=1S/C18H14Br2N2O2/c1-2-24-17-9-12(8-15(20)10-17)7-13(11-21)18(23)22-16-5-3-14(19)4-6-16/h3-10H,2H2,1H3,(H,22,23)/b13-7+. The van der Waals surface area contributed by atoms with Gasteiger partial charge in [0.15, 0.2) is 0 Å². The van der Waals surface area contributed by atoms with Gasteiger partial charge in [0.2, 0.25) is 0 Å². The fraction of sp³-hybridized carbons (Fsp3) is 0.111. The number of hydrogen-bond donors (Lipinski definition) is 1. The molecule has 0 radical (unpaired) electrons. The molecule has 24 heavy (non-hydrogen) atoms. The van der Waals surface area contributed by atoms with Crippen LogP contribution in [-0.4, -0.2) is 12.5 Å². The smallest absolute Gasteiger partial charge is 0.266 e. The number of rotatable bonds is 5. The zero-order valence-corrected chi connectivity index (χ0v) is 16.0. The summed E-state index contributed by atoms with van der Waals surface area (Å²) in [6.45, 7) is 2.43. The number of carbonyl (C=O) groups excluding carboxylic acids is 1. The lowest BCUT2D eigenvalue weighted by molar-refractivity contribution is -0.112. The maximum absolute atomic E-state index is 12.3. The van der Waals surface area contributed by atoms with Crippen molar-refractivity contribution in [3.63, 3.8) is 0 Å². The highest BCUT2D eigenvalue weighted by atomic mass is 79.9. The van der Waals surface area contributed by atoms with Gasteiger partial charge in [0, 0.05) is 14.6 Å². The molecule has 0 aliphatic carbocycles. The van der Waals surface area contributed by atoms with Gasteiger partial charge in [-0.25, -0.2) is 0 Å². The molecule has 1 N–H and O–H groups in total. The molecule has 2 aromatic rings. The predicted molar refractivity (Wildman–Crippen MR) is 102 cm³/mol. The summed E-state index contributed by atoms with van der Waals surface area (Å²) in [5, 5.41) is 12.0. The summed E-state index contributed by atoms with van der Waals surface area (Å²) in [5.41, 5.74) is 1.34. The monoisotopic (exact) mass is 448 g/mol. The average molecular weight is 450 g/mol. The Kier molecular flexibility index (Phi) is 6.59. The molecule has 4 nitrogen and oxygen atoms in total. The number of carbonyl (C=O) groups is 1. The Balaban J connectivity index is 2.23. The van der Waals surface area contributed by atoms with Crippen LogP contribution in [-0.2, 0) is 4.79 Å². The molecule has 0 atom stereocenters. The quantitative estimate of drug-likeness (QED) is 0.506. The third-order valence-corrected chi connectivity index (χ3v) is 3.97. The molecule has 2 rings (SSSR count). The summed E-state index contributed by atoms with van der Waals surface area (Å²) in [4.78, 5) is 12.3. The van der Waals surface area contributed by atoms with E-state index in [4.69, 9.17) is 4.74 Å². The molecule has 0 unspecified atom stereocenters. The average Bonchev–Trinajstić information content (AvgIpc) is 2.54. The van der Waals surface area contributed by atoms with Gasteiger partial charge in [-0.1, -0.05) is 31.9 Å². The molecule has 0 aliphatic heterocycles. The summed E-state index contributed by atoms with van der Waals surface area (Å²) in [7, 11) is 0. The molecule has 0 aliphatic rings. The van der Waals surface area contributed by atoms with Gasteiger partial charge in [-0.05, 0) is 61.0 Å². The molecule has 2 aromatic carbocycles. The fourth-order valence-corrected chi connectivity index (χ4v) is 2.72. The van der Waals surface area contributed by atoms with Gasteiger partial charge in [-0.3, -0.25) is 4.79 Å². The number of benzene rings is 2. The van der Waals surface area contributed by atoms with E-state index in [0.29, 0.717) is 23.6 Å². The number of hydrogen-bond acceptors (Lipinski definition) is 3. The number of halogens is 2. The van der Waals surface area contributed by atoms with E-state index >= 15 is 0 Å². The maximum atomic E-state index is 12.3. The van der Waals surface area contributed by atoms with Crippen LogP contribution in [0.2, 0.25) is 0 Å². The van der Waals surface area contributed by atoms with Crippen molar-refractivity contribution >= 4 is 49.5 Å². The number of anilines is 1. The summed E-state index contributed by atoms with van der Waals surface area (Å²) in [6.07, 6.45) is 1.53. The topological polar surface area (TPSA) is 62.1 Å². The van der Waals surface area contributed by atoms with E-state index in [1.54, 1.807) is 18.2 Å². The van der Waals surface area contributed by atoms with Gasteiger partial charge in [0.05, 0.1) is 6.61 Å². The van der Waals surface area contributed by atoms with Gasteiger partial charge in [0.1, 0.15) is 17.4 Å². The van der Waals surface area contributed by atoms with E-state index in [0.717, 1.165) is 8.95 Å². The van der Waals surface area contributed by atoms with Crippen LogP contribution in [0, 0.1) is 11.3 Å². The lowest BCUT2D eigenvalue weighted by atomic mass is 10.1. The Bertz CT molecular complexity index is 809. The molecule has 0 saturated heterocycles. The first-order chi connectivity index (χ1) is 11.5. The summed E-state index contributed by atoms with van der Waals surface area (Å²) < 4.78 is 7.18. The van der Waals surface area contributed by atoms with Crippen molar-refractivity contribution in [3.05, 3.63) is 62.5 Å². The van der Waals surface area contributed by atoms with Crippen LogP contribution in [0.15, 0.2) is 57.0 Å². The molecule has 0 fully saturated rings. The Morgan fingerprint density at radius 2 is 1.92 bits per heavy atom. The van der Waals surface area contributed by atoms with Gasteiger partial charge < -0.3 is 10.1 Å². The van der Waals surface area contributed by atoms with Crippen LogP contribution in [0.1, 0.15) is 12.5 Å². The second kappa shape index (κ2) is 8.67. The van der Waals surface area contributed by atoms with Crippen molar-refractivity contribution < 1.29 is 9.53 Å².